The number of fused-ring (bicyclic) bond motifs is 1. The Morgan fingerprint density at radius 1 is 1.20 bits per heavy atom. The lowest BCUT2D eigenvalue weighted by molar-refractivity contribution is 0.104. The molecule has 25 heavy (non-hydrogen) atoms. The third-order valence-electron chi connectivity index (χ3n) is 4.66. The number of phenolic OH excluding ortho intramolecular Hbond substituents is 1. The van der Waals surface area contributed by atoms with Crippen LogP contribution in [0.2, 0.25) is 0 Å². The molecule has 0 bridgehead atoms. The fourth-order valence-electron chi connectivity index (χ4n) is 3.28. The van der Waals surface area contributed by atoms with Crippen LogP contribution in [0.4, 0.5) is 0 Å². The maximum atomic E-state index is 10.3. The van der Waals surface area contributed by atoms with Gasteiger partial charge in [0.2, 0.25) is 0 Å². The van der Waals surface area contributed by atoms with E-state index < -0.39 is 6.10 Å². The van der Waals surface area contributed by atoms with E-state index in [1.54, 1.807) is 25.3 Å². The fraction of sp³-hybridized carbons (Fsp3) is 0.400. The molecule has 3 N–H and O–H groups in total. The summed E-state index contributed by atoms with van der Waals surface area (Å²) in [6.07, 6.45) is 0.589. The first-order valence-corrected chi connectivity index (χ1v) is 8.69. The van der Waals surface area contributed by atoms with Crippen LogP contribution >= 0.6 is 0 Å². The van der Waals surface area contributed by atoms with Crippen molar-refractivity contribution in [2.45, 2.75) is 25.6 Å². The first-order valence-electron chi connectivity index (χ1n) is 8.69. The number of nitrogens with zero attached hydrogens (tertiary/aromatic N) is 1. The molecule has 0 radical (unpaired) electrons. The van der Waals surface area contributed by atoms with Crippen molar-refractivity contribution in [3.05, 3.63) is 59.2 Å². The number of phenols is 1. The van der Waals surface area contributed by atoms with Gasteiger partial charge < -0.3 is 20.3 Å². The minimum Gasteiger partial charge on any atom is -0.508 e. The first-order chi connectivity index (χ1) is 12.2. The molecular formula is C20H26N2O3. The number of rotatable bonds is 7. The monoisotopic (exact) mass is 342 g/mol. The highest BCUT2D eigenvalue weighted by Gasteiger charge is 2.18. The normalized spacial score (nSPS) is 15.6. The summed E-state index contributed by atoms with van der Waals surface area (Å²) < 4.78 is 5.17. The van der Waals surface area contributed by atoms with E-state index in [0.29, 0.717) is 25.4 Å². The number of aliphatic hydroxyl groups is 1. The Labute approximate surface area is 148 Å². The van der Waals surface area contributed by atoms with Crippen LogP contribution in [0.5, 0.6) is 11.5 Å². The van der Waals surface area contributed by atoms with Crippen molar-refractivity contribution in [3.63, 3.8) is 0 Å². The molecule has 1 atom stereocenters. The SMILES string of the molecule is COc1ccc(O)c(CNCC(O)CN2CCc3ccccc3C2)c1. The van der Waals surface area contributed by atoms with E-state index >= 15 is 0 Å². The molecule has 2 aromatic carbocycles. The number of hydrogen-bond acceptors (Lipinski definition) is 5. The molecule has 134 valence electrons. The molecule has 0 aromatic heterocycles. The first kappa shape index (κ1) is 17.7. The summed E-state index contributed by atoms with van der Waals surface area (Å²) >= 11 is 0. The van der Waals surface area contributed by atoms with Gasteiger partial charge >= 0.3 is 0 Å². The quantitative estimate of drug-likeness (QED) is 0.717. The van der Waals surface area contributed by atoms with Gasteiger partial charge in [-0.3, -0.25) is 4.90 Å². The standard InChI is InChI=1S/C20H26N2O3/c1-25-19-6-7-20(24)17(10-19)11-21-12-18(23)14-22-9-8-15-4-2-3-5-16(15)13-22/h2-7,10,18,21,23-24H,8-9,11-14H2,1H3. The number of aromatic hydroxyl groups is 1. The Kier molecular flexibility index (Phi) is 5.91. The van der Waals surface area contributed by atoms with Gasteiger partial charge in [-0.05, 0) is 35.7 Å². The molecule has 0 saturated heterocycles. The van der Waals surface area contributed by atoms with E-state index in [0.717, 1.165) is 25.1 Å². The van der Waals surface area contributed by atoms with Gasteiger partial charge in [0.25, 0.3) is 0 Å². The van der Waals surface area contributed by atoms with Crippen molar-refractivity contribution in [2.24, 2.45) is 0 Å². The predicted molar refractivity (Wildman–Crippen MR) is 97.8 cm³/mol. The van der Waals surface area contributed by atoms with Crippen LogP contribution in [-0.2, 0) is 19.5 Å². The summed E-state index contributed by atoms with van der Waals surface area (Å²) in [4.78, 5) is 2.29. The Balaban J connectivity index is 1.45. The molecule has 1 aliphatic rings. The molecule has 1 aliphatic heterocycles. The van der Waals surface area contributed by atoms with Crippen LogP contribution in [0, 0.1) is 0 Å². The van der Waals surface area contributed by atoms with E-state index in [9.17, 15) is 10.2 Å². The van der Waals surface area contributed by atoms with Crippen molar-refractivity contribution >= 4 is 0 Å². The van der Waals surface area contributed by atoms with Crippen LogP contribution in [0.1, 0.15) is 16.7 Å². The fourth-order valence-corrected chi connectivity index (χ4v) is 3.28. The summed E-state index contributed by atoms with van der Waals surface area (Å²) in [5.74, 6) is 0.942. The minimum absolute atomic E-state index is 0.232. The van der Waals surface area contributed by atoms with Crippen LogP contribution in [0.15, 0.2) is 42.5 Å². The second kappa shape index (κ2) is 8.34. The molecule has 2 aromatic rings. The topological polar surface area (TPSA) is 65.0 Å². The van der Waals surface area contributed by atoms with Crippen molar-refractivity contribution in [1.29, 1.82) is 0 Å². The molecule has 0 aliphatic carbocycles. The number of methoxy groups -OCH3 is 1. The highest BCUT2D eigenvalue weighted by atomic mass is 16.5. The third-order valence-corrected chi connectivity index (χ3v) is 4.66. The second-order valence-corrected chi connectivity index (χ2v) is 6.53. The van der Waals surface area contributed by atoms with Crippen molar-refractivity contribution in [2.75, 3.05) is 26.7 Å². The van der Waals surface area contributed by atoms with Crippen molar-refractivity contribution < 1.29 is 14.9 Å². The largest absolute Gasteiger partial charge is 0.508 e. The molecule has 5 nitrogen and oxygen atoms in total. The average Bonchev–Trinajstić information content (AvgIpc) is 2.63. The maximum absolute atomic E-state index is 10.3. The summed E-state index contributed by atoms with van der Waals surface area (Å²) in [5.41, 5.74) is 3.54. The molecule has 1 unspecified atom stereocenters. The molecular weight excluding hydrogens is 316 g/mol. The van der Waals surface area contributed by atoms with Crippen molar-refractivity contribution in [1.82, 2.24) is 10.2 Å². The van der Waals surface area contributed by atoms with E-state index in [2.05, 4.69) is 34.5 Å². The molecule has 3 rings (SSSR count). The Hall–Kier alpha value is -2.08. The van der Waals surface area contributed by atoms with Crippen LogP contribution in [0.3, 0.4) is 0 Å². The summed E-state index contributed by atoms with van der Waals surface area (Å²) in [6.45, 7) is 3.48. The number of ether oxygens (including phenoxy) is 1. The number of benzene rings is 2. The van der Waals surface area contributed by atoms with E-state index in [-0.39, 0.29) is 5.75 Å². The zero-order valence-corrected chi connectivity index (χ0v) is 14.6. The zero-order valence-electron chi connectivity index (χ0n) is 14.6. The zero-order chi connectivity index (χ0) is 17.6. The van der Waals surface area contributed by atoms with Crippen molar-refractivity contribution in [3.8, 4) is 11.5 Å². The Morgan fingerprint density at radius 2 is 2.00 bits per heavy atom. The average molecular weight is 342 g/mol. The smallest absolute Gasteiger partial charge is 0.120 e. The maximum Gasteiger partial charge on any atom is 0.120 e. The lowest BCUT2D eigenvalue weighted by Crippen LogP contribution is -2.40. The van der Waals surface area contributed by atoms with Gasteiger partial charge in [-0.15, -0.1) is 0 Å². The highest BCUT2D eigenvalue weighted by molar-refractivity contribution is 5.39. The van der Waals surface area contributed by atoms with Gasteiger partial charge in [-0.2, -0.15) is 0 Å². The Bertz CT molecular complexity index is 705. The van der Waals surface area contributed by atoms with Gasteiger partial charge in [0.1, 0.15) is 11.5 Å². The molecule has 0 fully saturated rings. The lowest BCUT2D eigenvalue weighted by atomic mass is 10.00. The summed E-state index contributed by atoms with van der Waals surface area (Å²) in [7, 11) is 1.60. The number of hydrogen-bond donors (Lipinski definition) is 3. The van der Waals surface area contributed by atoms with Gasteiger partial charge in [0.15, 0.2) is 0 Å². The molecule has 0 spiro atoms. The predicted octanol–water partition coefficient (Wildman–Crippen LogP) is 1.91. The van der Waals surface area contributed by atoms with E-state index in [1.165, 1.54) is 11.1 Å². The van der Waals surface area contributed by atoms with E-state index in [1.807, 2.05) is 0 Å². The van der Waals surface area contributed by atoms with Gasteiger partial charge in [0.05, 0.1) is 13.2 Å². The minimum atomic E-state index is -0.446. The molecule has 5 heteroatoms. The van der Waals surface area contributed by atoms with Gasteiger partial charge in [-0.25, -0.2) is 0 Å². The summed E-state index contributed by atoms with van der Waals surface area (Å²) in [5, 5.41) is 23.4. The highest BCUT2D eigenvalue weighted by Crippen LogP contribution is 2.22. The Morgan fingerprint density at radius 3 is 2.80 bits per heavy atom. The third kappa shape index (κ3) is 4.72. The molecule has 1 heterocycles. The second-order valence-electron chi connectivity index (χ2n) is 6.53. The van der Waals surface area contributed by atoms with Gasteiger partial charge in [0, 0.05) is 38.3 Å². The lowest BCUT2D eigenvalue weighted by Gasteiger charge is -2.30. The van der Waals surface area contributed by atoms with Crippen LogP contribution in [-0.4, -0.2) is 48.0 Å². The van der Waals surface area contributed by atoms with E-state index in [4.69, 9.17) is 4.74 Å². The van der Waals surface area contributed by atoms with Gasteiger partial charge in [-0.1, -0.05) is 24.3 Å². The number of nitrogens with one attached hydrogen (secondary N) is 1. The molecule has 0 amide bonds. The van der Waals surface area contributed by atoms with Crippen LogP contribution in [0.25, 0.3) is 0 Å². The number of β-amino-alcohol motifs (C(OH)–C–C–N with tert-alkyl or cyclic N) is 1. The van der Waals surface area contributed by atoms with Crippen LogP contribution < -0.4 is 10.1 Å². The number of aliphatic hydroxyl groups excluding tert-OH is 1. The summed E-state index contributed by atoms with van der Waals surface area (Å²) in [6, 6.07) is 13.7. The molecule has 0 saturated carbocycles.